The van der Waals surface area contributed by atoms with Crippen molar-refractivity contribution in [3.63, 3.8) is 0 Å². The molecule has 0 aromatic heterocycles. The molecule has 0 spiro atoms. The van der Waals surface area contributed by atoms with Crippen molar-refractivity contribution in [1.82, 2.24) is 4.90 Å². The number of Topliss-reactive ketones (excluding diaryl/α,β-unsaturated/α-hetero) is 1. The van der Waals surface area contributed by atoms with Crippen molar-refractivity contribution in [3.05, 3.63) is 132 Å². The highest BCUT2D eigenvalue weighted by Crippen LogP contribution is 2.48. The number of benzene rings is 3. The van der Waals surface area contributed by atoms with Crippen LogP contribution in [0.1, 0.15) is 35.7 Å². The average Bonchev–Trinajstić information content (AvgIpc) is 3.27. The lowest BCUT2D eigenvalue weighted by Crippen LogP contribution is -2.54. The van der Waals surface area contributed by atoms with Crippen molar-refractivity contribution in [2.75, 3.05) is 6.61 Å². The summed E-state index contributed by atoms with van der Waals surface area (Å²) in [7, 11) is 0. The predicted molar refractivity (Wildman–Crippen MR) is 143 cm³/mol. The Morgan fingerprint density at radius 2 is 1.67 bits per heavy atom. The van der Waals surface area contributed by atoms with Gasteiger partial charge in [0, 0.05) is 30.7 Å². The topological polar surface area (TPSA) is 49.8 Å². The Morgan fingerprint density at radius 1 is 0.972 bits per heavy atom. The Bertz CT molecular complexity index is 1310. The van der Waals surface area contributed by atoms with Crippen LogP contribution < -0.4 is 0 Å². The van der Waals surface area contributed by atoms with Gasteiger partial charge in [-0.3, -0.25) is 4.79 Å². The van der Waals surface area contributed by atoms with Gasteiger partial charge in [-0.15, -0.1) is 0 Å². The average molecular weight is 478 g/mol. The molecule has 2 aliphatic rings. The standard InChI is InChI=1S/C32H31NO3/c1-2-26-22-29-30(36-23-24-12-5-3-6-13-24)18-11-20-33(29)32(26,19-21-34)31(35)28-17-10-9-16-27(28)25-14-7-4-8-15-25/h3-18,20,22,26,34H,2,19,21,23H2,1H3. The second-order valence-electron chi connectivity index (χ2n) is 9.22. The van der Waals surface area contributed by atoms with E-state index in [-0.39, 0.29) is 18.3 Å². The molecule has 182 valence electrons. The highest BCUT2D eigenvalue weighted by molar-refractivity contribution is 6.09. The summed E-state index contributed by atoms with van der Waals surface area (Å²) >= 11 is 0. The Kier molecular flexibility index (Phi) is 6.88. The quantitative estimate of drug-likeness (QED) is 0.357. The number of hydrogen-bond acceptors (Lipinski definition) is 4. The smallest absolute Gasteiger partial charge is 0.190 e. The summed E-state index contributed by atoms with van der Waals surface area (Å²) in [5, 5.41) is 10.2. The molecule has 4 heteroatoms. The van der Waals surface area contributed by atoms with Gasteiger partial charge in [0.2, 0.25) is 0 Å². The van der Waals surface area contributed by atoms with Crippen LogP contribution in [0, 0.1) is 5.92 Å². The minimum Gasteiger partial charge on any atom is -0.487 e. The van der Waals surface area contributed by atoms with Crippen molar-refractivity contribution in [1.29, 1.82) is 0 Å². The van der Waals surface area contributed by atoms with E-state index in [1.54, 1.807) is 0 Å². The molecular weight excluding hydrogens is 446 g/mol. The normalized spacial score (nSPS) is 20.5. The van der Waals surface area contributed by atoms with Crippen LogP contribution in [0.2, 0.25) is 0 Å². The molecule has 2 atom stereocenters. The van der Waals surface area contributed by atoms with Crippen LogP contribution in [-0.4, -0.2) is 27.9 Å². The molecular formula is C32H31NO3. The molecule has 3 aromatic rings. The Labute approximate surface area is 212 Å². The number of hydrogen-bond donors (Lipinski definition) is 1. The van der Waals surface area contributed by atoms with Crippen LogP contribution in [0.3, 0.4) is 0 Å². The minimum absolute atomic E-state index is 0.0167. The molecule has 2 aliphatic heterocycles. The number of allylic oxidation sites excluding steroid dienone is 2. The Hall–Kier alpha value is -3.89. The van der Waals surface area contributed by atoms with Crippen LogP contribution in [-0.2, 0) is 11.3 Å². The summed E-state index contributed by atoms with van der Waals surface area (Å²) in [6, 6.07) is 27.8. The molecule has 3 aromatic carbocycles. The summed E-state index contributed by atoms with van der Waals surface area (Å²) in [5.74, 6) is 0.675. The largest absolute Gasteiger partial charge is 0.487 e. The first-order valence-electron chi connectivity index (χ1n) is 12.6. The van der Waals surface area contributed by atoms with Crippen molar-refractivity contribution in [2.45, 2.75) is 31.9 Å². The minimum atomic E-state index is -0.935. The number of carbonyl (C=O) groups is 1. The number of ketones is 1. The fourth-order valence-electron chi connectivity index (χ4n) is 5.48. The zero-order valence-electron chi connectivity index (χ0n) is 20.5. The van der Waals surface area contributed by atoms with E-state index in [0.717, 1.165) is 34.6 Å². The van der Waals surface area contributed by atoms with E-state index >= 15 is 0 Å². The third kappa shape index (κ3) is 4.18. The van der Waals surface area contributed by atoms with Gasteiger partial charge < -0.3 is 14.7 Å². The van der Waals surface area contributed by atoms with Gasteiger partial charge in [-0.05, 0) is 35.3 Å². The van der Waals surface area contributed by atoms with Gasteiger partial charge in [-0.1, -0.05) is 97.9 Å². The Morgan fingerprint density at radius 3 is 2.39 bits per heavy atom. The van der Waals surface area contributed by atoms with E-state index < -0.39 is 5.54 Å². The number of rotatable bonds is 9. The number of aliphatic hydroxyl groups is 1. The van der Waals surface area contributed by atoms with Gasteiger partial charge in [0.15, 0.2) is 5.78 Å². The molecule has 2 unspecified atom stereocenters. The number of ether oxygens (including phenoxy) is 1. The fourth-order valence-corrected chi connectivity index (χ4v) is 5.48. The third-order valence-corrected chi connectivity index (χ3v) is 7.22. The lowest BCUT2D eigenvalue weighted by molar-refractivity contribution is 0.0574. The highest BCUT2D eigenvalue weighted by atomic mass is 16.5. The van der Waals surface area contributed by atoms with Crippen LogP contribution in [0.4, 0.5) is 0 Å². The maximum atomic E-state index is 14.6. The van der Waals surface area contributed by atoms with Crippen molar-refractivity contribution >= 4 is 5.78 Å². The van der Waals surface area contributed by atoms with E-state index in [4.69, 9.17) is 4.74 Å². The molecule has 0 aliphatic carbocycles. The predicted octanol–water partition coefficient (Wildman–Crippen LogP) is 6.51. The molecule has 5 rings (SSSR count). The number of nitrogens with zero attached hydrogens (tertiary/aromatic N) is 1. The SMILES string of the molecule is CCC1C=C2C(OCc3ccccc3)=CC=CN2C1(CCO)C(=O)c1ccccc1-c1ccccc1. The van der Waals surface area contributed by atoms with E-state index in [2.05, 4.69) is 13.0 Å². The van der Waals surface area contributed by atoms with Crippen molar-refractivity contribution < 1.29 is 14.6 Å². The van der Waals surface area contributed by atoms with Crippen LogP contribution in [0.5, 0.6) is 0 Å². The lowest BCUT2D eigenvalue weighted by atomic mass is 9.74. The molecule has 4 nitrogen and oxygen atoms in total. The maximum absolute atomic E-state index is 14.6. The Balaban J connectivity index is 1.53. The third-order valence-electron chi connectivity index (χ3n) is 7.22. The van der Waals surface area contributed by atoms with Gasteiger partial charge in [0.05, 0.1) is 5.70 Å². The van der Waals surface area contributed by atoms with E-state index in [0.29, 0.717) is 18.6 Å². The van der Waals surface area contributed by atoms with Gasteiger partial charge in [-0.2, -0.15) is 0 Å². The molecule has 2 heterocycles. The first-order chi connectivity index (χ1) is 17.7. The van der Waals surface area contributed by atoms with Gasteiger partial charge in [-0.25, -0.2) is 0 Å². The summed E-state index contributed by atoms with van der Waals surface area (Å²) in [6.45, 7) is 2.45. The molecule has 0 radical (unpaired) electrons. The zero-order chi connectivity index (χ0) is 25.0. The molecule has 0 bridgehead atoms. The number of fused-ring (bicyclic) bond motifs is 1. The lowest BCUT2D eigenvalue weighted by Gasteiger charge is -2.43. The summed E-state index contributed by atoms with van der Waals surface area (Å²) in [6.07, 6.45) is 9.07. The van der Waals surface area contributed by atoms with Gasteiger partial charge >= 0.3 is 0 Å². The fraction of sp³-hybridized carbons (Fsp3) is 0.219. The van der Waals surface area contributed by atoms with E-state index in [1.165, 1.54) is 0 Å². The molecule has 0 saturated heterocycles. The van der Waals surface area contributed by atoms with Crippen molar-refractivity contribution in [3.8, 4) is 11.1 Å². The van der Waals surface area contributed by atoms with Crippen molar-refractivity contribution in [2.24, 2.45) is 5.92 Å². The maximum Gasteiger partial charge on any atom is 0.190 e. The molecule has 36 heavy (non-hydrogen) atoms. The van der Waals surface area contributed by atoms with E-state index in [9.17, 15) is 9.90 Å². The summed E-state index contributed by atoms with van der Waals surface area (Å²) in [5.41, 5.74) is 3.61. The second kappa shape index (κ2) is 10.4. The molecule has 0 amide bonds. The van der Waals surface area contributed by atoms with Gasteiger partial charge in [0.25, 0.3) is 0 Å². The second-order valence-corrected chi connectivity index (χ2v) is 9.22. The van der Waals surface area contributed by atoms with Crippen LogP contribution in [0.15, 0.2) is 121 Å². The highest BCUT2D eigenvalue weighted by Gasteiger charge is 2.54. The first-order valence-corrected chi connectivity index (χ1v) is 12.6. The van der Waals surface area contributed by atoms with Gasteiger partial charge in [0.1, 0.15) is 17.9 Å². The monoisotopic (exact) mass is 477 g/mol. The first kappa shape index (κ1) is 23.8. The number of carbonyl (C=O) groups excluding carboxylic acids is 1. The molecule has 0 saturated carbocycles. The summed E-state index contributed by atoms with van der Waals surface area (Å²) in [4.78, 5) is 16.6. The summed E-state index contributed by atoms with van der Waals surface area (Å²) < 4.78 is 6.25. The molecule has 1 N–H and O–H groups in total. The number of aliphatic hydroxyl groups excluding tert-OH is 1. The van der Waals surface area contributed by atoms with Crippen LogP contribution >= 0.6 is 0 Å². The zero-order valence-corrected chi connectivity index (χ0v) is 20.5. The van der Waals surface area contributed by atoms with E-state index in [1.807, 2.05) is 108 Å². The molecule has 0 fully saturated rings. The van der Waals surface area contributed by atoms with Crippen LogP contribution in [0.25, 0.3) is 11.1 Å².